The van der Waals surface area contributed by atoms with Crippen molar-refractivity contribution in [3.05, 3.63) is 120 Å². The Kier molecular flexibility index (Phi) is 7.62. The molecule has 0 atom stereocenters. The summed E-state index contributed by atoms with van der Waals surface area (Å²) < 4.78 is 33.5. The number of nitrogens with zero attached hydrogens (tertiary/aromatic N) is 3. The van der Waals surface area contributed by atoms with Crippen molar-refractivity contribution in [2.75, 3.05) is 0 Å². The number of carbonyl (C=O) groups is 1. The molecule has 8 heteroatoms. The van der Waals surface area contributed by atoms with E-state index in [4.69, 9.17) is 4.42 Å². The summed E-state index contributed by atoms with van der Waals surface area (Å²) >= 11 is 0. The third-order valence-corrected chi connectivity index (χ3v) is 7.12. The first kappa shape index (κ1) is 24.2. The predicted molar refractivity (Wildman–Crippen MR) is 133 cm³/mol. The third-order valence-electron chi connectivity index (χ3n) is 5.52. The van der Waals surface area contributed by atoms with Gasteiger partial charge in [0.2, 0.25) is 20.9 Å². The first-order valence-electron chi connectivity index (χ1n) is 11.2. The summed E-state index contributed by atoms with van der Waals surface area (Å²) in [5, 5.41) is -0.0373. The fourth-order valence-corrected chi connectivity index (χ4v) is 5.35. The molecule has 35 heavy (non-hydrogen) atoms. The van der Waals surface area contributed by atoms with E-state index >= 15 is 0 Å². The largest absolute Gasteiger partial charge is 0.467 e. The Labute approximate surface area is 205 Å². The quantitative estimate of drug-likeness (QED) is 0.291. The zero-order chi connectivity index (χ0) is 24.7. The molecule has 0 aliphatic heterocycles. The summed E-state index contributed by atoms with van der Waals surface area (Å²) in [4.78, 5) is 19.2. The molecular formula is C27H27N3O4S. The number of hydrogen-bond acceptors (Lipinski definition) is 5. The Morgan fingerprint density at radius 3 is 2.29 bits per heavy atom. The van der Waals surface area contributed by atoms with E-state index in [1.54, 1.807) is 58.2 Å². The van der Waals surface area contributed by atoms with Crippen molar-refractivity contribution in [2.45, 2.75) is 37.0 Å². The highest BCUT2D eigenvalue weighted by atomic mass is 32.2. The Morgan fingerprint density at radius 1 is 0.971 bits per heavy atom. The highest BCUT2D eigenvalue weighted by Crippen LogP contribution is 2.20. The molecular weight excluding hydrogens is 462 g/mol. The molecule has 2 aromatic carbocycles. The molecule has 2 aromatic heterocycles. The zero-order valence-corrected chi connectivity index (χ0v) is 20.1. The van der Waals surface area contributed by atoms with Crippen LogP contribution in [-0.4, -0.2) is 28.8 Å². The maximum absolute atomic E-state index is 13.3. The van der Waals surface area contributed by atoms with E-state index in [1.807, 2.05) is 36.4 Å². The lowest BCUT2D eigenvalue weighted by Crippen LogP contribution is -2.32. The van der Waals surface area contributed by atoms with Gasteiger partial charge in [-0.05, 0) is 23.3 Å². The lowest BCUT2D eigenvalue weighted by atomic mass is 10.1. The van der Waals surface area contributed by atoms with Gasteiger partial charge in [-0.15, -0.1) is 6.58 Å². The first-order chi connectivity index (χ1) is 17.0. The van der Waals surface area contributed by atoms with Crippen molar-refractivity contribution in [3.8, 4) is 0 Å². The van der Waals surface area contributed by atoms with Crippen LogP contribution in [0.25, 0.3) is 0 Å². The minimum Gasteiger partial charge on any atom is -0.467 e. The van der Waals surface area contributed by atoms with Crippen molar-refractivity contribution < 1.29 is 17.6 Å². The molecule has 7 nitrogen and oxygen atoms in total. The second kappa shape index (κ2) is 11.0. The number of amides is 1. The Balaban J connectivity index is 1.62. The molecule has 1 amide bonds. The lowest BCUT2D eigenvalue weighted by Gasteiger charge is -2.23. The molecule has 0 N–H and O–H groups in total. The van der Waals surface area contributed by atoms with Crippen LogP contribution in [0.2, 0.25) is 0 Å². The summed E-state index contributed by atoms with van der Waals surface area (Å²) in [6, 6.07) is 22.1. The van der Waals surface area contributed by atoms with E-state index in [0.29, 0.717) is 17.0 Å². The van der Waals surface area contributed by atoms with Crippen LogP contribution in [0, 0.1) is 0 Å². The van der Waals surface area contributed by atoms with Gasteiger partial charge < -0.3 is 13.9 Å². The van der Waals surface area contributed by atoms with Crippen LogP contribution in [0.3, 0.4) is 0 Å². The standard InChI is InChI=1S/C27H27N3O4S/c1-2-15-30-24(18-28-27(30)35(32,33)21-23-12-7-4-8-13-23)19-29(20-25-14-9-16-34-25)26(31)17-22-10-5-3-6-11-22/h2-14,16,18H,1,15,17,19-21H2. The topological polar surface area (TPSA) is 85.4 Å². The molecule has 0 radical (unpaired) electrons. The number of sulfone groups is 1. The number of aromatic nitrogens is 2. The number of allylic oxidation sites excluding steroid dienone is 1. The summed E-state index contributed by atoms with van der Waals surface area (Å²) in [7, 11) is -3.72. The predicted octanol–water partition coefficient (Wildman–Crippen LogP) is 4.41. The number of benzene rings is 2. The average molecular weight is 490 g/mol. The van der Waals surface area contributed by atoms with Crippen LogP contribution in [0.15, 0.2) is 107 Å². The normalized spacial score (nSPS) is 11.3. The summed E-state index contributed by atoms with van der Waals surface area (Å²) in [6.45, 7) is 4.45. The van der Waals surface area contributed by atoms with Gasteiger partial charge in [0.25, 0.3) is 0 Å². The molecule has 4 rings (SSSR count). The van der Waals surface area contributed by atoms with E-state index in [1.165, 1.54) is 6.20 Å². The fraction of sp³-hybridized carbons (Fsp3) is 0.185. The van der Waals surface area contributed by atoms with Gasteiger partial charge in [0, 0.05) is 6.54 Å². The van der Waals surface area contributed by atoms with Crippen LogP contribution in [0.4, 0.5) is 0 Å². The molecule has 180 valence electrons. The van der Waals surface area contributed by atoms with E-state index in [2.05, 4.69) is 11.6 Å². The Morgan fingerprint density at radius 2 is 1.66 bits per heavy atom. The number of rotatable bonds is 11. The zero-order valence-electron chi connectivity index (χ0n) is 19.3. The maximum Gasteiger partial charge on any atom is 0.228 e. The molecule has 0 aliphatic rings. The van der Waals surface area contributed by atoms with Gasteiger partial charge in [-0.1, -0.05) is 66.7 Å². The highest BCUT2D eigenvalue weighted by Gasteiger charge is 2.25. The number of hydrogen-bond donors (Lipinski definition) is 0. The average Bonchev–Trinajstić information content (AvgIpc) is 3.50. The highest BCUT2D eigenvalue weighted by molar-refractivity contribution is 7.90. The van der Waals surface area contributed by atoms with Gasteiger partial charge in [0.15, 0.2) is 0 Å². The molecule has 0 bridgehead atoms. The minimum atomic E-state index is -3.72. The van der Waals surface area contributed by atoms with Crippen molar-refractivity contribution in [1.82, 2.24) is 14.5 Å². The van der Waals surface area contributed by atoms with E-state index in [9.17, 15) is 13.2 Å². The lowest BCUT2D eigenvalue weighted by molar-refractivity contribution is -0.132. The van der Waals surface area contributed by atoms with E-state index in [-0.39, 0.29) is 42.9 Å². The van der Waals surface area contributed by atoms with Gasteiger partial charge >= 0.3 is 0 Å². The molecule has 0 fully saturated rings. The summed E-state index contributed by atoms with van der Waals surface area (Å²) in [6.07, 6.45) is 4.92. The SMILES string of the molecule is C=CCn1c(CN(Cc2ccco2)C(=O)Cc2ccccc2)cnc1S(=O)(=O)Cc1ccccc1. The fourth-order valence-electron chi connectivity index (χ4n) is 3.85. The van der Waals surface area contributed by atoms with Gasteiger partial charge in [-0.3, -0.25) is 4.79 Å². The molecule has 0 saturated carbocycles. The monoisotopic (exact) mass is 489 g/mol. The Hall–Kier alpha value is -3.91. The summed E-state index contributed by atoms with van der Waals surface area (Å²) in [5.41, 5.74) is 2.18. The van der Waals surface area contributed by atoms with Gasteiger partial charge in [-0.2, -0.15) is 0 Å². The van der Waals surface area contributed by atoms with Crippen LogP contribution in [0.5, 0.6) is 0 Å². The smallest absolute Gasteiger partial charge is 0.228 e. The first-order valence-corrected chi connectivity index (χ1v) is 12.9. The molecule has 0 unspecified atom stereocenters. The third kappa shape index (κ3) is 6.16. The van der Waals surface area contributed by atoms with Crippen LogP contribution in [-0.2, 0) is 46.4 Å². The van der Waals surface area contributed by atoms with Crippen molar-refractivity contribution in [2.24, 2.45) is 0 Å². The number of imidazole rings is 1. The molecule has 0 aliphatic carbocycles. The minimum absolute atomic E-state index is 0.0373. The van der Waals surface area contributed by atoms with Crippen molar-refractivity contribution in [1.29, 1.82) is 0 Å². The van der Waals surface area contributed by atoms with Crippen molar-refractivity contribution >= 4 is 15.7 Å². The molecule has 0 spiro atoms. The molecule has 0 saturated heterocycles. The van der Waals surface area contributed by atoms with Crippen LogP contribution < -0.4 is 0 Å². The number of furan rings is 1. The van der Waals surface area contributed by atoms with E-state index < -0.39 is 9.84 Å². The second-order valence-corrected chi connectivity index (χ2v) is 10.1. The van der Waals surface area contributed by atoms with E-state index in [0.717, 1.165) is 5.56 Å². The van der Waals surface area contributed by atoms with Gasteiger partial charge in [-0.25, -0.2) is 13.4 Å². The Bertz CT molecular complexity index is 1360. The molecule has 2 heterocycles. The van der Waals surface area contributed by atoms with Gasteiger partial charge in [0.05, 0.1) is 43.4 Å². The van der Waals surface area contributed by atoms with Crippen molar-refractivity contribution in [3.63, 3.8) is 0 Å². The van der Waals surface area contributed by atoms with Gasteiger partial charge in [0.1, 0.15) is 5.76 Å². The van der Waals surface area contributed by atoms with Crippen LogP contribution in [0.1, 0.15) is 22.6 Å². The molecule has 4 aromatic rings. The van der Waals surface area contributed by atoms with Crippen LogP contribution >= 0.6 is 0 Å². The number of carbonyl (C=O) groups excluding carboxylic acids is 1. The summed E-state index contributed by atoms with van der Waals surface area (Å²) in [5.74, 6) is 0.371. The second-order valence-electron chi connectivity index (χ2n) is 8.17. The maximum atomic E-state index is 13.3.